The van der Waals surface area contributed by atoms with Gasteiger partial charge in [0.25, 0.3) is 11.8 Å². The van der Waals surface area contributed by atoms with E-state index in [4.69, 9.17) is 12.2 Å². The van der Waals surface area contributed by atoms with Gasteiger partial charge in [-0.3, -0.25) is 19.4 Å². The molecule has 1 aromatic heterocycles. The molecule has 39 heavy (non-hydrogen) atoms. The van der Waals surface area contributed by atoms with Crippen LogP contribution in [0.15, 0.2) is 121 Å². The number of carbonyl (C=O) groups is 2. The summed E-state index contributed by atoms with van der Waals surface area (Å²) >= 11 is 5.73. The van der Waals surface area contributed by atoms with Gasteiger partial charge in [-0.2, -0.15) is 0 Å². The number of para-hydroxylation sites is 3. The van der Waals surface area contributed by atoms with E-state index in [-0.39, 0.29) is 10.7 Å². The van der Waals surface area contributed by atoms with Gasteiger partial charge in [0, 0.05) is 29.2 Å². The fourth-order valence-electron chi connectivity index (χ4n) is 5.02. The summed E-state index contributed by atoms with van der Waals surface area (Å²) in [4.78, 5) is 30.7. The average molecular weight is 528 g/mol. The predicted molar refractivity (Wildman–Crippen MR) is 161 cm³/mol. The van der Waals surface area contributed by atoms with Crippen molar-refractivity contribution in [1.82, 2.24) is 4.57 Å². The first-order valence-electron chi connectivity index (χ1n) is 12.7. The molecule has 6 rings (SSSR count). The molecule has 1 fully saturated rings. The monoisotopic (exact) mass is 527 g/mol. The van der Waals surface area contributed by atoms with Crippen LogP contribution in [0.1, 0.15) is 16.7 Å². The summed E-state index contributed by atoms with van der Waals surface area (Å²) in [6, 6.07) is 34.8. The maximum atomic E-state index is 13.9. The van der Waals surface area contributed by atoms with Gasteiger partial charge in [-0.1, -0.05) is 84.4 Å². The lowest BCUT2D eigenvalue weighted by Gasteiger charge is -2.36. The van der Waals surface area contributed by atoms with Crippen LogP contribution in [0.5, 0.6) is 0 Å². The minimum absolute atomic E-state index is 0.0507. The molecule has 0 unspecified atom stereocenters. The smallest absolute Gasteiger partial charge is 0.270 e. The van der Waals surface area contributed by atoms with Gasteiger partial charge >= 0.3 is 0 Å². The van der Waals surface area contributed by atoms with E-state index < -0.39 is 11.8 Å². The van der Waals surface area contributed by atoms with Gasteiger partial charge in [0.15, 0.2) is 5.11 Å². The molecule has 190 valence electrons. The molecular weight excluding hydrogens is 502 g/mol. The van der Waals surface area contributed by atoms with Crippen molar-refractivity contribution in [1.29, 1.82) is 0 Å². The standard InChI is InChI=1S/C33H25N3O2S/c1-23-11-10-12-24(19-23)21-34-22-25(28-17-8-9-18-30(28)34)20-29-31(37)35(26-13-4-2-5-14-26)33(39)36(32(29)38)27-15-6-3-7-16-27/h2-20,22H,21H2,1H3. The molecule has 1 aliphatic rings. The second kappa shape index (κ2) is 10.2. The second-order valence-electron chi connectivity index (χ2n) is 9.51. The number of hydrogen-bond donors (Lipinski definition) is 0. The lowest BCUT2D eigenvalue weighted by atomic mass is 10.0. The summed E-state index contributed by atoms with van der Waals surface area (Å²) < 4.78 is 2.16. The molecule has 0 aliphatic carbocycles. The van der Waals surface area contributed by atoms with E-state index in [2.05, 4.69) is 41.8 Å². The number of amides is 2. The van der Waals surface area contributed by atoms with Crippen molar-refractivity contribution in [3.63, 3.8) is 0 Å². The fraction of sp³-hybridized carbons (Fsp3) is 0.0606. The van der Waals surface area contributed by atoms with Gasteiger partial charge in [-0.05, 0) is 61.1 Å². The third kappa shape index (κ3) is 4.56. The van der Waals surface area contributed by atoms with Crippen LogP contribution in [0, 0.1) is 6.92 Å². The van der Waals surface area contributed by atoms with Gasteiger partial charge in [0.2, 0.25) is 0 Å². The van der Waals surface area contributed by atoms with Crippen molar-refractivity contribution in [3.05, 3.63) is 138 Å². The van der Waals surface area contributed by atoms with Crippen molar-refractivity contribution in [3.8, 4) is 0 Å². The van der Waals surface area contributed by atoms with Gasteiger partial charge in [0.05, 0.1) is 11.4 Å². The van der Waals surface area contributed by atoms with E-state index in [1.165, 1.54) is 20.9 Å². The number of benzene rings is 4. The maximum Gasteiger partial charge on any atom is 0.270 e. The molecule has 5 nitrogen and oxygen atoms in total. The summed E-state index contributed by atoms with van der Waals surface area (Å²) in [6.45, 7) is 2.75. The first kappa shape index (κ1) is 24.5. The third-order valence-corrected chi connectivity index (χ3v) is 7.20. The molecule has 1 saturated heterocycles. The molecule has 2 heterocycles. The largest absolute Gasteiger partial charge is 0.342 e. The molecule has 0 radical (unpaired) electrons. The Hall–Kier alpha value is -4.81. The van der Waals surface area contributed by atoms with E-state index >= 15 is 0 Å². The van der Waals surface area contributed by atoms with Crippen LogP contribution in [0.3, 0.4) is 0 Å². The number of nitrogens with zero attached hydrogens (tertiary/aromatic N) is 3. The van der Waals surface area contributed by atoms with Gasteiger partial charge in [-0.15, -0.1) is 0 Å². The first-order valence-corrected chi connectivity index (χ1v) is 13.1. The molecule has 0 spiro atoms. The van der Waals surface area contributed by atoms with E-state index in [0.717, 1.165) is 16.5 Å². The molecule has 0 atom stereocenters. The van der Waals surface area contributed by atoms with Crippen LogP contribution in [-0.2, 0) is 16.1 Å². The zero-order chi connectivity index (χ0) is 26.9. The summed E-state index contributed by atoms with van der Waals surface area (Å²) in [5.41, 5.74) is 5.45. The highest BCUT2D eigenvalue weighted by Crippen LogP contribution is 2.31. The number of rotatable bonds is 5. The Balaban J connectivity index is 1.49. The summed E-state index contributed by atoms with van der Waals surface area (Å²) in [5, 5.41) is 1.09. The number of anilines is 2. The molecule has 5 aromatic rings. The van der Waals surface area contributed by atoms with Crippen LogP contribution >= 0.6 is 12.2 Å². The van der Waals surface area contributed by atoms with Gasteiger partial charge in [0.1, 0.15) is 5.57 Å². The number of aryl methyl sites for hydroxylation is 1. The molecule has 6 heteroatoms. The zero-order valence-electron chi connectivity index (χ0n) is 21.3. The molecular formula is C33H25N3O2S. The topological polar surface area (TPSA) is 45.6 Å². The highest BCUT2D eigenvalue weighted by Gasteiger charge is 2.41. The lowest BCUT2D eigenvalue weighted by molar-refractivity contribution is -0.120. The number of fused-ring (bicyclic) bond motifs is 1. The number of hydrogen-bond acceptors (Lipinski definition) is 3. The van der Waals surface area contributed by atoms with E-state index in [0.29, 0.717) is 17.9 Å². The summed E-state index contributed by atoms with van der Waals surface area (Å²) in [7, 11) is 0. The quantitative estimate of drug-likeness (QED) is 0.144. The second-order valence-corrected chi connectivity index (χ2v) is 9.88. The normalized spacial score (nSPS) is 13.9. The van der Waals surface area contributed by atoms with Gasteiger partial charge < -0.3 is 4.57 Å². The van der Waals surface area contributed by atoms with E-state index in [1.807, 2.05) is 85.1 Å². The molecule has 1 aliphatic heterocycles. The van der Waals surface area contributed by atoms with Crippen LogP contribution in [0.4, 0.5) is 11.4 Å². The van der Waals surface area contributed by atoms with E-state index in [1.54, 1.807) is 6.08 Å². The molecule has 0 bridgehead atoms. The first-order chi connectivity index (χ1) is 19.0. The fourth-order valence-corrected chi connectivity index (χ4v) is 5.40. The van der Waals surface area contributed by atoms with Crippen LogP contribution in [0.25, 0.3) is 17.0 Å². The minimum Gasteiger partial charge on any atom is -0.342 e. The zero-order valence-corrected chi connectivity index (χ0v) is 22.1. The van der Waals surface area contributed by atoms with Crippen molar-refractivity contribution in [2.45, 2.75) is 13.5 Å². The molecule has 4 aromatic carbocycles. The van der Waals surface area contributed by atoms with Crippen molar-refractivity contribution in [2.75, 3.05) is 9.80 Å². The lowest BCUT2D eigenvalue weighted by Crippen LogP contribution is -2.56. The Kier molecular flexibility index (Phi) is 6.39. The average Bonchev–Trinajstić information content (AvgIpc) is 3.29. The van der Waals surface area contributed by atoms with Crippen molar-refractivity contribution >= 4 is 57.5 Å². The number of aromatic nitrogens is 1. The van der Waals surface area contributed by atoms with Gasteiger partial charge in [-0.25, -0.2) is 0 Å². The third-order valence-electron chi connectivity index (χ3n) is 6.83. The van der Waals surface area contributed by atoms with Crippen LogP contribution in [-0.4, -0.2) is 21.5 Å². The van der Waals surface area contributed by atoms with Crippen molar-refractivity contribution in [2.24, 2.45) is 0 Å². The Morgan fingerprint density at radius 2 is 1.31 bits per heavy atom. The predicted octanol–water partition coefficient (Wildman–Crippen LogP) is 6.75. The summed E-state index contributed by atoms with van der Waals surface area (Å²) in [5.74, 6) is -0.891. The maximum absolute atomic E-state index is 13.9. The highest BCUT2D eigenvalue weighted by molar-refractivity contribution is 7.81. The highest BCUT2D eigenvalue weighted by atomic mass is 32.1. The Morgan fingerprint density at radius 3 is 1.92 bits per heavy atom. The molecule has 2 amide bonds. The van der Waals surface area contributed by atoms with Crippen molar-refractivity contribution < 1.29 is 9.59 Å². The van der Waals surface area contributed by atoms with Crippen LogP contribution < -0.4 is 9.80 Å². The van der Waals surface area contributed by atoms with Crippen LogP contribution in [0.2, 0.25) is 0 Å². The molecule has 0 saturated carbocycles. The number of carbonyl (C=O) groups excluding carboxylic acids is 2. The SMILES string of the molecule is Cc1cccc(Cn2cc(C=C3C(=O)N(c4ccccc4)C(=S)N(c4ccccc4)C3=O)c3ccccc32)c1. The minimum atomic E-state index is -0.445. The Bertz CT molecular complexity index is 1690. The number of thiocarbonyl (C=S) groups is 1. The molecule has 0 N–H and O–H groups in total. The Labute approximate surface area is 232 Å². The Morgan fingerprint density at radius 1 is 0.718 bits per heavy atom. The summed E-state index contributed by atoms with van der Waals surface area (Å²) in [6.07, 6.45) is 3.71. The van der Waals surface area contributed by atoms with E-state index in [9.17, 15) is 9.59 Å².